The van der Waals surface area contributed by atoms with Gasteiger partial charge in [-0.05, 0) is 33.6 Å². The summed E-state index contributed by atoms with van der Waals surface area (Å²) in [7, 11) is 0. The summed E-state index contributed by atoms with van der Waals surface area (Å²) in [6, 6.07) is 0. The highest BCUT2D eigenvalue weighted by atomic mass is 16.5. The lowest BCUT2D eigenvalue weighted by atomic mass is 10.0. The Bertz CT molecular complexity index is 668. The molecule has 234 valence electrons. The zero-order chi connectivity index (χ0) is 31.0. The second-order valence-electron chi connectivity index (χ2n) is 10.6. The highest BCUT2D eigenvalue weighted by Gasteiger charge is 2.02. The van der Waals surface area contributed by atoms with Crippen molar-refractivity contribution >= 4 is 17.9 Å². The maximum atomic E-state index is 11.2. The zero-order valence-electron chi connectivity index (χ0n) is 26.8. The van der Waals surface area contributed by atoms with Gasteiger partial charge in [-0.25, -0.2) is 14.4 Å². The molecular weight excluding hydrogens is 504 g/mol. The van der Waals surface area contributed by atoms with Gasteiger partial charge in [0.05, 0.1) is 13.2 Å². The van der Waals surface area contributed by atoms with E-state index in [1.807, 2.05) is 0 Å². The van der Waals surface area contributed by atoms with Crippen LogP contribution in [0.2, 0.25) is 0 Å². The maximum Gasteiger partial charge on any atom is 0.333 e. The molecule has 0 saturated heterocycles. The molecule has 0 aromatic heterocycles. The molecule has 0 rings (SSSR count). The number of carbonyl (C=O) groups is 3. The van der Waals surface area contributed by atoms with Crippen molar-refractivity contribution in [1.82, 2.24) is 0 Å². The Morgan fingerprint density at radius 3 is 0.975 bits per heavy atom. The van der Waals surface area contributed by atoms with E-state index in [2.05, 4.69) is 33.6 Å². The standard InChI is InChI=1S/C22H42O2.C8H14O2.C4H6O2/c1-4-5-6-7-8-9-10-11-12-13-14-15-16-17-18-19-20-24-22(23)21(2)3;1-4-5-6-10-8(9)7(2)3;1-3(2)4(5)6/h2,4-20H2,1,3H3;2,4-6H2,1,3H3;1H2,2H3,(H,5,6). The first-order valence-electron chi connectivity index (χ1n) is 15.5. The average molecular weight is 567 g/mol. The molecule has 0 heterocycles. The van der Waals surface area contributed by atoms with Crippen LogP contribution in [0.5, 0.6) is 0 Å². The van der Waals surface area contributed by atoms with Crippen molar-refractivity contribution < 1.29 is 29.0 Å². The van der Waals surface area contributed by atoms with E-state index in [1.54, 1.807) is 13.8 Å². The van der Waals surface area contributed by atoms with Gasteiger partial charge < -0.3 is 14.6 Å². The molecule has 0 aliphatic heterocycles. The summed E-state index contributed by atoms with van der Waals surface area (Å²) < 4.78 is 9.89. The van der Waals surface area contributed by atoms with Crippen LogP contribution >= 0.6 is 0 Å². The molecule has 0 unspecified atom stereocenters. The molecule has 0 fully saturated rings. The maximum absolute atomic E-state index is 11.2. The fraction of sp³-hybridized carbons (Fsp3) is 0.735. The van der Waals surface area contributed by atoms with Gasteiger partial charge in [-0.2, -0.15) is 0 Å². The minimum atomic E-state index is -0.935. The van der Waals surface area contributed by atoms with Gasteiger partial charge in [0.1, 0.15) is 0 Å². The number of esters is 2. The molecule has 0 aliphatic carbocycles. The van der Waals surface area contributed by atoms with Crippen molar-refractivity contribution in [3.05, 3.63) is 36.5 Å². The van der Waals surface area contributed by atoms with Crippen molar-refractivity contribution in [2.75, 3.05) is 13.2 Å². The number of rotatable bonds is 23. The fourth-order valence-corrected chi connectivity index (χ4v) is 3.37. The van der Waals surface area contributed by atoms with Gasteiger partial charge in [-0.1, -0.05) is 136 Å². The Morgan fingerprint density at radius 2 is 0.725 bits per heavy atom. The van der Waals surface area contributed by atoms with Gasteiger partial charge >= 0.3 is 17.9 Å². The second kappa shape index (κ2) is 32.8. The predicted molar refractivity (Wildman–Crippen MR) is 168 cm³/mol. The molecule has 0 aromatic carbocycles. The summed E-state index contributed by atoms with van der Waals surface area (Å²) >= 11 is 0. The molecule has 0 spiro atoms. The Kier molecular flexibility index (Phi) is 34.6. The highest BCUT2D eigenvalue weighted by Crippen LogP contribution is 2.13. The van der Waals surface area contributed by atoms with E-state index >= 15 is 0 Å². The van der Waals surface area contributed by atoms with Crippen molar-refractivity contribution in [3.8, 4) is 0 Å². The molecule has 1 N–H and O–H groups in total. The predicted octanol–water partition coefficient (Wildman–Crippen LogP) is 9.92. The minimum Gasteiger partial charge on any atom is -0.478 e. The largest absolute Gasteiger partial charge is 0.478 e. The SMILES string of the molecule is C=C(C)C(=O)O.C=C(C)C(=O)OCCCC.C=C(C)C(=O)OCCCCCCCCCCCCCCCCCC. The first-order valence-corrected chi connectivity index (χ1v) is 15.5. The van der Waals surface area contributed by atoms with E-state index in [1.165, 1.54) is 103 Å². The van der Waals surface area contributed by atoms with Gasteiger partial charge in [-0.3, -0.25) is 0 Å². The van der Waals surface area contributed by atoms with E-state index in [9.17, 15) is 14.4 Å². The van der Waals surface area contributed by atoms with Crippen LogP contribution in [0.25, 0.3) is 0 Å². The fourth-order valence-electron chi connectivity index (χ4n) is 3.37. The van der Waals surface area contributed by atoms with Crippen LogP contribution in [0.3, 0.4) is 0 Å². The lowest BCUT2D eigenvalue weighted by Gasteiger charge is -2.05. The number of hydrogen-bond donors (Lipinski definition) is 1. The molecular formula is C34H62O6. The van der Waals surface area contributed by atoms with Gasteiger partial charge in [0.25, 0.3) is 0 Å². The Labute approximate surface area is 246 Å². The first-order chi connectivity index (χ1) is 19.0. The number of unbranched alkanes of at least 4 members (excludes halogenated alkanes) is 16. The summed E-state index contributed by atoms with van der Waals surface area (Å²) in [5.74, 6) is -1.47. The second-order valence-corrected chi connectivity index (χ2v) is 10.6. The number of carboxylic acids is 1. The lowest BCUT2D eigenvalue weighted by molar-refractivity contribution is -0.139. The zero-order valence-corrected chi connectivity index (χ0v) is 26.8. The van der Waals surface area contributed by atoms with Crippen LogP contribution < -0.4 is 0 Å². The quantitative estimate of drug-likeness (QED) is 0.0752. The van der Waals surface area contributed by atoms with E-state index in [0.29, 0.717) is 24.4 Å². The van der Waals surface area contributed by atoms with Gasteiger partial charge in [-0.15, -0.1) is 0 Å². The third kappa shape index (κ3) is 37.8. The van der Waals surface area contributed by atoms with Crippen LogP contribution in [0.4, 0.5) is 0 Å². The van der Waals surface area contributed by atoms with Gasteiger partial charge in [0.15, 0.2) is 0 Å². The Morgan fingerprint density at radius 1 is 0.475 bits per heavy atom. The average Bonchev–Trinajstić information content (AvgIpc) is 2.90. The molecule has 0 aliphatic rings. The van der Waals surface area contributed by atoms with Crippen LogP contribution in [0.15, 0.2) is 36.5 Å². The number of hydrogen-bond acceptors (Lipinski definition) is 5. The third-order valence-electron chi connectivity index (χ3n) is 6.02. The highest BCUT2D eigenvalue weighted by molar-refractivity contribution is 5.87. The number of aliphatic carboxylic acids is 1. The summed E-state index contributed by atoms with van der Waals surface area (Å²) in [5.41, 5.74) is 1.14. The lowest BCUT2D eigenvalue weighted by Crippen LogP contribution is -2.05. The summed E-state index contributed by atoms with van der Waals surface area (Å²) in [4.78, 5) is 31.5. The molecule has 0 aromatic rings. The molecule has 0 saturated carbocycles. The van der Waals surface area contributed by atoms with Crippen LogP contribution in [-0.4, -0.2) is 36.2 Å². The van der Waals surface area contributed by atoms with Gasteiger partial charge in [0, 0.05) is 16.7 Å². The van der Waals surface area contributed by atoms with Crippen LogP contribution in [0, 0.1) is 0 Å². The topological polar surface area (TPSA) is 89.9 Å². The first kappa shape index (κ1) is 42.1. The minimum absolute atomic E-state index is 0.176. The van der Waals surface area contributed by atoms with Crippen molar-refractivity contribution in [3.63, 3.8) is 0 Å². The molecule has 0 radical (unpaired) electrons. The summed E-state index contributed by atoms with van der Waals surface area (Å²) in [6.45, 7) is 20.4. The molecule has 6 nitrogen and oxygen atoms in total. The van der Waals surface area contributed by atoms with Crippen molar-refractivity contribution in [2.45, 2.75) is 150 Å². The van der Waals surface area contributed by atoms with E-state index in [4.69, 9.17) is 14.6 Å². The summed E-state index contributed by atoms with van der Waals surface area (Å²) in [5, 5.41) is 7.89. The van der Waals surface area contributed by atoms with Crippen molar-refractivity contribution in [1.29, 1.82) is 0 Å². The third-order valence-corrected chi connectivity index (χ3v) is 6.02. The van der Waals surface area contributed by atoms with Crippen LogP contribution in [0.1, 0.15) is 150 Å². The molecule has 0 bridgehead atoms. The Hall–Kier alpha value is -2.37. The molecule has 0 atom stereocenters. The molecule has 40 heavy (non-hydrogen) atoms. The number of ether oxygens (including phenoxy) is 2. The number of carboxylic acid groups (broad SMARTS) is 1. The molecule has 6 heteroatoms. The molecule has 0 amide bonds. The summed E-state index contributed by atoms with van der Waals surface area (Å²) in [6.07, 6.45) is 23.7. The van der Waals surface area contributed by atoms with E-state index < -0.39 is 5.97 Å². The monoisotopic (exact) mass is 566 g/mol. The van der Waals surface area contributed by atoms with Gasteiger partial charge in [0.2, 0.25) is 0 Å². The van der Waals surface area contributed by atoms with E-state index in [0.717, 1.165) is 19.3 Å². The van der Waals surface area contributed by atoms with E-state index in [-0.39, 0.29) is 17.5 Å². The smallest absolute Gasteiger partial charge is 0.333 e. The van der Waals surface area contributed by atoms with Crippen molar-refractivity contribution in [2.24, 2.45) is 0 Å². The van der Waals surface area contributed by atoms with Crippen LogP contribution in [-0.2, 0) is 23.9 Å². The number of carbonyl (C=O) groups excluding carboxylic acids is 2. The Balaban J connectivity index is -0.000000697. The normalized spacial score (nSPS) is 9.82.